The third-order valence-corrected chi connectivity index (χ3v) is 6.81. The molecule has 0 aliphatic carbocycles. The summed E-state index contributed by atoms with van der Waals surface area (Å²) in [5.41, 5.74) is 3.58. The number of hydrogen-bond donors (Lipinski definition) is 3. The summed E-state index contributed by atoms with van der Waals surface area (Å²) in [7, 11) is -2.57. The quantitative estimate of drug-likeness (QED) is 0.463. The first-order chi connectivity index (χ1) is 16.3. The number of nitrogens with one attached hydrogen (secondary N) is 2. The van der Waals surface area contributed by atoms with Crippen LogP contribution in [0.3, 0.4) is 0 Å². The van der Waals surface area contributed by atoms with Crippen LogP contribution in [0.2, 0.25) is 0 Å². The molecule has 1 aromatic carbocycles. The summed E-state index contributed by atoms with van der Waals surface area (Å²) in [6.07, 6.45) is 2.60. The minimum atomic E-state index is -4.09. The van der Waals surface area contributed by atoms with Gasteiger partial charge in [0.05, 0.1) is 13.7 Å². The average molecular weight is 491 g/mol. The molecule has 0 radical (unpaired) electrons. The van der Waals surface area contributed by atoms with Crippen molar-refractivity contribution in [2.45, 2.75) is 6.42 Å². The predicted molar refractivity (Wildman–Crippen MR) is 123 cm³/mol. The van der Waals surface area contributed by atoms with Gasteiger partial charge in [0.25, 0.3) is 0 Å². The number of carbonyl (C=O) groups excluding carboxylic acids is 1. The van der Waals surface area contributed by atoms with E-state index < -0.39 is 22.9 Å². The first kappa shape index (κ1) is 23.7. The second-order valence-corrected chi connectivity index (χ2v) is 9.12. The number of aliphatic hydroxyl groups excluding tert-OH is 1. The number of fused-ring (bicyclic) bond motifs is 1. The highest BCUT2D eigenvalue weighted by Crippen LogP contribution is 2.36. The van der Waals surface area contributed by atoms with Crippen LogP contribution in [-0.2, 0) is 14.9 Å². The standard InChI is InChI=1S/C22H23FN4O6S/c1-32-20-3-2-15(23)12-17(20)16-4-7-24-21-18(16)13-19(25-21)14-5-8-27(9-6-14)34(30,31)26-22(29)33-11-10-28/h2-5,7,12-13,28H,6,8-11H2,1H3,(H,24,25)(H,26,29). The SMILES string of the molecule is COc1ccc(F)cc1-c1ccnc2[nH]c(C3=CCN(S(=O)(=O)NC(=O)OCCO)CC3)cc12. The van der Waals surface area contributed by atoms with E-state index in [9.17, 15) is 17.6 Å². The van der Waals surface area contributed by atoms with Gasteiger partial charge >= 0.3 is 16.3 Å². The highest BCUT2D eigenvalue weighted by Gasteiger charge is 2.27. The molecule has 3 heterocycles. The van der Waals surface area contributed by atoms with Crippen molar-refractivity contribution in [3.63, 3.8) is 0 Å². The first-order valence-corrected chi connectivity index (χ1v) is 11.8. The zero-order valence-electron chi connectivity index (χ0n) is 18.2. The summed E-state index contributed by atoms with van der Waals surface area (Å²) >= 11 is 0. The lowest BCUT2D eigenvalue weighted by Gasteiger charge is -2.25. The summed E-state index contributed by atoms with van der Waals surface area (Å²) in [5.74, 6) is 0.140. The molecule has 2 aromatic heterocycles. The van der Waals surface area contributed by atoms with E-state index in [0.717, 1.165) is 26.5 Å². The molecule has 180 valence electrons. The van der Waals surface area contributed by atoms with Gasteiger partial charge in [-0.3, -0.25) is 0 Å². The molecule has 0 saturated carbocycles. The van der Waals surface area contributed by atoms with Crippen molar-refractivity contribution in [1.82, 2.24) is 19.0 Å². The number of methoxy groups -OCH3 is 1. The topological polar surface area (TPSA) is 134 Å². The molecule has 1 amide bonds. The number of carbonyl (C=O) groups is 1. The molecule has 10 nitrogen and oxygen atoms in total. The Morgan fingerprint density at radius 2 is 2.12 bits per heavy atom. The highest BCUT2D eigenvalue weighted by atomic mass is 32.2. The van der Waals surface area contributed by atoms with Crippen molar-refractivity contribution in [3.8, 4) is 16.9 Å². The highest BCUT2D eigenvalue weighted by molar-refractivity contribution is 7.87. The van der Waals surface area contributed by atoms with Crippen molar-refractivity contribution in [2.75, 3.05) is 33.4 Å². The Hall–Kier alpha value is -3.48. The largest absolute Gasteiger partial charge is 0.496 e. The van der Waals surface area contributed by atoms with Gasteiger partial charge in [0.2, 0.25) is 0 Å². The van der Waals surface area contributed by atoms with Crippen molar-refractivity contribution < 1.29 is 32.2 Å². The number of benzene rings is 1. The number of H-pyrrole nitrogens is 1. The number of aromatic amines is 1. The third-order valence-electron chi connectivity index (χ3n) is 5.38. The lowest BCUT2D eigenvalue weighted by molar-refractivity contribution is 0.123. The molecule has 34 heavy (non-hydrogen) atoms. The van der Waals surface area contributed by atoms with Crippen LogP contribution in [-0.4, -0.2) is 67.3 Å². The molecule has 0 atom stereocenters. The number of amides is 1. The predicted octanol–water partition coefficient (Wildman–Crippen LogP) is 2.43. The molecule has 0 saturated heterocycles. The van der Waals surface area contributed by atoms with E-state index in [1.165, 1.54) is 19.2 Å². The second-order valence-electron chi connectivity index (χ2n) is 7.45. The fourth-order valence-corrected chi connectivity index (χ4v) is 4.78. The monoisotopic (exact) mass is 490 g/mol. The van der Waals surface area contributed by atoms with Crippen LogP contribution in [0.5, 0.6) is 5.75 Å². The summed E-state index contributed by atoms with van der Waals surface area (Å²) in [5, 5.41) is 9.44. The molecule has 3 N–H and O–H groups in total. The molecule has 1 aliphatic heterocycles. The molecule has 4 rings (SSSR count). The van der Waals surface area contributed by atoms with Gasteiger partial charge in [-0.25, -0.2) is 18.9 Å². The van der Waals surface area contributed by atoms with Crippen LogP contribution < -0.4 is 9.46 Å². The number of pyridine rings is 1. The normalized spacial score (nSPS) is 14.6. The van der Waals surface area contributed by atoms with Crippen molar-refractivity contribution in [2.24, 2.45) is 0 Å². The molecular formula is C22H23FN4O6S. The molecule has 0 fully saturated rings. The van der Waals surface area contributed by atoms with Gasteiger partial charge in [-0.05, 0) is 47.9 Å². The van der Waals surface area contributed by atoms with Crippen molar-refractivity contribution >= 4 is 32.9 Å². The minimum absolute atomic E-state index is 0.0469. The van der Waals surface area contributed by atoms with Gasteiger partial charge in [0.15, 0.2) is 0 Å². The number of nitrogens with zero attached hydrogens (tertiary/aromatic N) is 2. The number of ether oxygens (including phenoxy) is 2. The Morgan fingerprint density at radius 3 is 2.82 bits per heavy atom. The summed E-state index contributed by atoms with van der Waals surface area (Å²) in [6, 6.07) is 7.97. The summed E-state index contributed by atoms with van der Waals surface area (Å²) in [4.78, 5) is 19.2. The van der Waals surface area contributed by atoms with Crippen molar-refractivity contribution in [1.29, 1.82) is 0 Å². The fraction of sp³-hybridized carbons (Fsp3) is 0.273. The fourth-order valence-electron chi connectivity index (χ4n) is 3.78. The lowest BCUT2D eigenvalue weighted by atomic mass is 10.0. The second kappa shape index (κ2) is 9.79. The Kier molecular flexibility index (Phi) is 6.82. The number of aliphatic hydroxyl groups is 1. The summed E-state index contributed by atoms with van der Waals surface area (Å²) in [6.45, 7) is -0.521. The smallest absolute Gasteiger partial charge is 0.422 e. The number of hydrogen-bond acceptors (Lipinski definition) is 7. The Labute approximate surface area is 195 Å². The van der Waals surface area contributed by atoms with E-state index in [2.05, 4.69) is 14.7 Å². The molecule has 0 spiro atoms. The lowest BCUT2D eigenvalue weighted by Crippen LogP contribution is -2.45. The molecule has 0 bridgehead atoms. The Morgan fingerprint density at radius 1 is 1.29 bits per heavy atom. The maximum absolute atomic E-state index is 14.0. The van der Waals surface area contributed by atoms with Crippen LogP contribution in [0.15, 0.2) is 42.6 Å². The Balaban J connectivity index is 1.58. The number of halogens is 1. The molecule has 12 heteroatoms. The van der Waals surface area contributed by atoms with Gasteiger partial charge in [0.1, 0.15) is 23.8 Å². The van der Waals surface area contributed by atoms with E-state index in [1.807, 2.05) is 10.8 Å². The summed E-state index contributed by atoms with van der Waals surface area (Å²) < 4.78 is 51.6. The van der Waals surface area contributed by atoms with Gasteiger partial charge in [-0.15, -0.1) is 0 Å². The maximum Gasteiger partial charge on any atom is 0.422 e. The molecule has 1 aliphatic rings. The average Bonchev–Trinajstić information content (AvgIpc) is 3.27. The Bertz CT molecular complexity index is 1350. The van der Waals surface area contributed by atoms with E-state index in [1.54, 1.807) is 24.4 Å². The zero-order chi connectivity index (χ0) is 24.3. The number of rotatable bonds is 7. The van der Waals surface area contributed by atoms with E-state index in [0.29, 0.717) is 23.4 Å². The van der Waals surface area contributed by atoms with E-state index in [4.69, 9.17) is 9.84 Å². The van der Waals surface area contributed by atoms with Crippen LogP contribution >= 0.6 is 0 Å². The number of aromatic nitrogens is 2. The minimum Gasteiger partial charge on any atom is -0.496 e. The van der Waals surface area contributed by atoms with Gasteiger partial charge in [-0.1, -0.05) is 6.08 Å². The molecular weight excluding hydrogens is 467 g/mol. The van der Waals surface area contributed by atoms with Gasteiger partial charge in [0, 0.05) is 35.9 Å². The maximum atomic E-state index is 14.0. The van der Waals surface area contributed by atoms with E-state index >= 15 is 0 Å². The van der Waals surface area contributed by atoms with Crippen LogP contribution in [0.4, 0.5) is 9.18 Å². The van der Waals surface area contributed by atoms with Gasteiger partial charge < -0.3 is 19.6 Å². The van der Waals surface area contributed by atoms with Gasteiger partial charge in [-0.2, -0.15) is 12.7 Å². The van der Waals surface area contributed by atoms with E-state index in [-0.39, 0.29) is 25.5 Å². The first-order valence-electron chi connectivity index (χ1n) is 10.4. The van der Waals surface area contributed by atoms with Crippen LogP contribution in [0.25, 0.3) is 27.7 Å². The molecule has 3 aromatic rings. The third kappa shape index (κ3) is 4.88. The molecule has 0 unspecified atom stereocenters. The van der Waals surface area contributed by atoms with Crippen LogP contribution in [0.1, 0.15) is 12.1 Å². The van der Waals surface area contributed by atoms with Crippen LogP contribution in [0, 0.1) is 5.82 Å². The zero-order valence-corrected chi connectivity index (χ0v) is 19.1. The van der Waals surface area contributed by atoms with Crippen molar-refractivity contribution in [3.05, 3.63) is 54.1 Å².